The molecule has 10 atom stereocenters. The Morgan fingerprint density at radius 1 is 0.914 bits per heavy atom. The average molecular weight is 533 g/mol. The van der Waals surface area contributed by atoms with Crippen LogP contribution in [-0.2, 0) is 38.3 Å². The predicted molar refractivity (Wildman–Crippen MR) is 115 cm³/mol. The van der Waals surface area contributed by atoms with E-state index in [0.717, 1.165) is 25.7 Å². The molecular formula is C20H36O14S. The topological polar surface area (TPSA) is 219 Å². The zero-order valence-corrected chi connectivity index (χ0v) is 20.4. The molecule has 2 saturated heterocycles. The number of aliphatic hydroxyl groups excluding tert-OH is 4. The molecule has 2 aliphatic heterocycles. The van der Waals surface area contributed by atoms with Gasteiger partial charge in [0.25, 0.3) is 0 Å². The first kappa shape index (κ1) is 30.2. The number of carbonyl (C=O) groups is 1. The molecule has 0 spiro atoms. The Balaban J connectivity index is 2.06. The summed E-state index contributed by atoms with van der Waals surface area (Å²) < 4.78 is 56.4. The first-order chi connectivity index (χ1) is 16.4. The molecule has 206 valence electrons. The van der Waals surface area contributed by atoms with E-state index in [9.17, 15) is 38.7 Å². The molecule has 14 nitrogen and oxygen atoms in total. The van der Waals surface area contributed by atoms with E-state index in [1.54, 1.807) is 0 Å². The number of aliphatic hydroxyl groups is 4. The molecule has 2 rings (SSSR count). The van der Waals surface area contributed by atoms with Gasteiger partial charge in [-0.15, -0.1) is 0 Å². The number of unbranched alkanes of at least 4 members (excludes halogenated alkanes) is 4. The van der Waals surface area contributed by atoms with Crippen LogP contribution < -0.4 is 0 Å². The molecule has 2 heterocycles. The van der Waals surface area contributed by atoms with Gasteiger partial charge < -0.3 is 44.5 Å². The Kier molecular flexibility index (Phi) is 11.7. The standard InChI is InChI=1S/C20H36O14S/c1-3-4-5-6-7-8-30-20-15(24)14(23)16(17(34-20)18(25)26)33-19-10(2)12(21)13(22)11(32-19)9-31-35(27,28)29/h10-17,19-24H,3-9H2,1-2H3,(H,25,26)(H,27,28,29). The summed E-state index contributed by atoms with van der Waals surface area (Å²) in [5.74, 6) is -2.50. The molecule has 2 fully saturated rings. The lowest BCUT2D eigenvalue weighted by Gasteiger charge is -2.45. The first-order valence-electron chi connectivity index (χ1n) is 11.5. The predicted octanol–water partition coefficient (Wildman–Crippen LogP) is -1.21. The molecule has 0 aromatic heterocycles. The molecule has 0 radical (unpaired) electrons. The summed E-state index contributed by atoms with van der Waals surface area (Å²) in [4.78, 5) is 11.8. The van der Waals surface area contributed by atoms with Crippen LogP contribution in [0.4, 0.5) is 0 Å². The first-order valence-corrected chi connectivity index (χ1v) is 12.9. The van der Waals surface area contributed by atoms with Gasteiger partial charge in [0.15, 0.2) is 18.7 Å². The van der Waals surface area contributed by atoms with Crippen LogP contribution >= 0.6 is 0 Å². The quantitative estimate of drug-likeness (QED) is 0.121. The second-order valence-electron chi connectivity index (χ2n) is 8.73. The highest BCUT2D eigenvalue weighted by atomic mass is 32.3. The Bertz CT molecular complexity index is 763. The summed E-state index contributed by atoms with van der Waals surface area (Å²) in [5, 5.41) is 51.1. The molecule has 10 unspecified atom stereocenters. The van der Waals surface area contributed by atoms with Crippen LogP contribution in [0.25, 0.3) is 0 Å². The number of rotatable bonds is 13. The Hall–Kier alpha value is -0.980. The van der Waals surface area contributed by atoms with Crippen molar-refractivity contribution in [1.29, 1.82) is 0 Å². The fourth-order valence-electron chi connectivity index (χ4n) is 3.90. The summed E-state index contributed by atoms with van der Waals surface area (Å²) in [7, 11) is -4.88. The van der Waals surface area contributed by atoms with Gasteiger partial charge in [0.2, 0.25) is 0 Å². The summed E-state index contributed by atoms with van der Waals surface area (Å²) >= 11 is 0. The molecule has 0 saturated carbocycles. The number of carboxylic acids is 1. The molecule has 0 bridgehead atoms. The Morgan fingerprint density at radius 2 is 1.57 bits per heavy atom. The highest BCUT2D eigenvalue weighted by molar-refractivity contribution is 7.80. The van der Waals surface area contributed by atoms with E-state index in [-0.39, 0.29) is 6.61 Å². The Morgan fingerprint density at radius 3 is 2.17 bits per heavy atom. The van der Waals surface area contributed by atoms with E-state index < -0.39 is 84.2 Å². The van der Waals surface area contributed by atoms with Crippen molar-refractivity contribution in [3.05, 3.63) is 0 Å². The lowest BCUT2D eigenvalue weighted by molar-refractivity contribution is -0.346. The molecule has 6 N–H and O–H groups in total. The van der Waals surface area contributed by atoms with Crippen LogP contribution in [0.15, 0.2) is 0 Å². The maximum absolute atomic E-state index is 11.8. The number of hydrogen-bond acceptors (Lipinski definition) is 12. The zero-order chi connectivity index (χ0) is 26.3. The maximum atomic E-state index is 11.8. The van der Waals surface area contributed by atoms with E-state index in [0.29, 0.717) is 6.42 Å². The third-order valence-electron chi connectivity index (χ3n) is 6.00. The molecule has 0 aromatic rings. The summed E-state index contributed by atoms with van der Waals surface area (Å²) in [6.45, 7) is 2.76. The van der Waals surface area contributed by atoms with Crippen molar-refractivity contribution >= 4 is 16.4 Å². The summed E-state index contributed by atoms with van der Waals surface area (Å²) in [6, 6.07) is 0. The third-order valence-corrected chi connectivity index (χ3v) is 6.43. The number of carboxylic acid groups (broad SMARTS) is 1. The monoisotopic (exact) mass is 532 g/mol. The van der Waals surface area contributed by atoms with Crippen LogP contribution in [0.1, 0.15) is 46.0 Å². The number of aliphatic carboxylic acids is 1. The second-order valence-corrected chi connectivity index (χ2v) is 9.82. The largest absolute Gasteiger partial charge is 0.479 e. The summed E-state index contributed by atoms with van der Waals surface area (Å²) in [6.07, 6.45) is -9.81. The van der Waals surface area contributed by atoms with Crippen LogP contribution in [-0.4, -0.2) is 113 Å². The van der Waals surface area contributed by atoms with Gasteiger partial charge in [-0.3, -0.25) is 4.55 Å². The van der Waals surface area contributed by atoms with Crippen molar-refractivity contribution in [3.8, 4) is 0 Å². The molecular weight excluding hydrogens is 496 g/mol. The number of ether oxygens (including phenoxy) is 4. The van der Waals surface area contributed by atoms with Gasteiger partial charge >= 0.3 is 16.4 Å². The van der Waals surface area contributed by atoms with Crippen LogP contribution in [0.5, 0.6) is 0 Å². The van der Waals surface area contributed by atoms with Gasteiger partial charge in [-0.1, -0.05) is 39.5 Å². The molecule has 0 aliphatic carbocycles. The van der Waals surface area contributed by atoms with Crippen molar-refractivity contribution < 1.29 is 66.4 Å². The Labute approximate surface area is 203 Å². The molecule has 0 aromatic carbocycles. The maximum Gasteiger partial charge on any atom is 0.397 e. The number of hydrogen-bond donors (Lipinski definition) is 6. The highest BCUT2D eigenvalue weighted by Crippen LogP contribution is 2.32. The second kappa shape index (κ2) is 13.5. The van der Waals surface area contributed by atoms with Crippen LogP contribution in [0, 0.1) is 5.92 Å². The zero-order valence-electron chi connectivity index (χ0n) is 19.6. The van der Waals surface area contributed by atoms with Gasteiger partial charge in [0.05, 0.1) is 12.7 Å². The highest BCUT2D eigenvalue weighted by Gasteiger charge is 2.52. The van der Waals surface area contributed by atoms with Crippen molar-refractivity contribution in [2.75, 3.05) is 13.2 Å². The fourth-order valence-corrected chi connectivity index (χ4v) is 4.21. The average Bonchev–Trinajstić information content (AvgIpc) is 2.78. The van der Waals surface area contributed by atoms with E-state index >= 15 is 0 Å². The molecule has 15 heteroatoms. The minimum absolute atomic E-state index is 0.179. The van der Waals surface area contributed by atoms with Crippen molar-refractivity contribution in [2.24, 2.45) is 5.92 Å². The van der Waals surface area contributed by atoms with Gasteiger partial charge in [-0.2, -0.15) is 8.42 Å². The SMILES string of the molecule is CCCCCCCOC1OC(C(=O)O)C(OC2OC(COS(=O)(=O)O)C(O)C(O)C2C)C(O)C1O. The van der Waals surface area contributed by atoms with E-state index in [1.165, 1.54) is 6.92 Å². The third kappa shape index (κ3) is 8.53. The van der Waals surface area contributed by atoms with Gasteiger partial charge in [0.1, 0.15) is 30.5 Å². The fraction of sp³-hybridized carbons (Fsp3) is 0.950. The van der Waals surface area contributed by atoms with Gasteiger partial charge in [-0.25, -0.2) is 8.98 Å². The van der Waals surface area contributed by atoms with Crippen LogP contribution in [0.3, 0.4) is 0 Å². The van der Waals surface area contributed by atoms with Crippen molar-refractivity contribution in [3.63, 3.8) is 0 Å². The molecule has 2 aliphatic rings. The normalized spacial score (nSPS) is 38.4. The molecule has 0 amide bonds. The minimum atomic E-state index is -4.88. The van der Waals surface area contributed by atoms with E-state index in [1.807, 2.05) is 0 Å². The smallest absolute Gasteiger partial charge is 0.397 e. The van der Waals surface area contributed by atoms with Crippen LogP contribution in [0.2, 0.25) is 0 Å². The van der Waals surface area contributed by atoms with E-state index in [4.69, 9.17) is 23.5 Å². The lowest BCUT2D eigenvalue weighted by atomic mass is 9.92. The van der Waals surface area contributed by atoms with Gasteiger partial charge in [0, 0.05) is 12.5 Å². The van der Waals surface area contributed by atoms with E-state index in [2.05, 4.69) is 11.1 Å². The summed E-state index contributed by atoms with van der Waals surface area (Å²) in [5.41, 5.74) is 0. The van der Waals surface area contributed by atoms with Crippen molar-refractivity contribution in [2.45, 2.75) is 101 Å². The minimum Gasteiger partial charge on any atom is -0.479 e. The molecule has 35 heavy (non-hydrogen) atoms. The lowest BCUT2D eigenvalue weighted by Crippen LogP contribution is -2.64. The van der Waals surface area contributed by atoms with Crippen molar-refractivity contribution in [1.82, 2.24) is 0 Å². The van der Waals surface area contributed by atoms with Gasteiger partial charge in [-0.05, 0) is 6.42 Å².